The molecular formula is C10H14N2O3S. The average Bonchev–Trinajstić information content (AvgIpc) is 2.27. The molecule has 1 aromatic carbocycles. The Morgan fingerprint density at radius 3 is 2.25 bits per heavy atom. The molecule has 0 bridgehead atoms. The fraction of sp³-hybridized carbons (Fsp3) is 0.300. The average molecular weight is 242 g/mol. The molecular weight excluding hydrogens is 228 g/mol. The first kappa shape index (κ1) is 12.7. The number of hydrogen-bond acceptors (Lipinski definition) is 4. The molecule has 1 aromatic rings. The van der Waals surface area contributed by atoms with E-state index in [0.717, 1.165) is 5.56 Å². The summed E-state index contributed by atoms with van der Waals surface area (Å²) in [6.07, 6.45) is 0. The zero-order chi connectivity index (χ0) is 12.3. The molecule has 1 rings (SSSR count). The maximum absolute atomic E-state index is 11.9. The Labute approximate surface area is 94.5 Å². The van der Waals surface area contributed by atoms with E-state index < -0.39 is 21.0 Å². The molecule has 3 N–H and O–H groups in total. The van der Waals surface area contributed by atoms with Crippen LogP contribution in [0.25, 0.3) is 0 Å². The number of hydrazine groups is 1. The van der Waals surface area contributed by atoms with E-state index in [9.17, 15) is 13.2 Å². The fourth-order valence-electron chi connectivity index (χ4n) is 1.19. The van der Waals surface area contributed by atoms with Crippen molar-refractivity contribution in [2.45, 2.75) is 24.0 Å². The Kier molecular flexibility index (Phi) is 3.66. The molecule has 0 radical (unpaired) electrons. The lowest BCUT2D eigenvalue weighted by atomic mass is 10.2. The van der Waals surface area contributed by atoms with E-state index in [1.54, 1.807) is 12.1 Å². The zero-order valence-electron chi connectivity index (χ0n) is 9.10. The highest BCUT2D eigenvalue weighted by molar-refractivity contribution is 7.92. The quantitative estimate of drug-likeness (QED) is 0.448. The maximum atomic E-state index is 11.9. The van der Waals surface area contributed by atoms with Gasteiger partial charge in [0.1, 0.15) is 5.25 Å². The molecule has 0 heterocycles. The lowest BCUT2D eigenvalue weighted by Crippen LogP contribution is -2.41. The highest BCUT2D eigenvalue weighted by Crippen LogP contribution is 2.16. The molecule has 0 fully saturated rings. The van der Waals surface area contributed by atoms with Gasteiger partial charge in [-0.1, -0.05) is 17.7 Å². The smallest absolute Gasteiger partial charge is 0.252 e. The number of nitrogens with one attached hydrogen (secondary N) is 1. The van der Waals surface area contributed by atoms with Crippen LogP contribution in [0.4, 0.5) is 0 Å². The van der Waals surface area contributed by atoms with Crippen molar-refractivity contribution in [1.82, 2.24) is 5.43 Å². The number of carbonyl (C=O) groups is 1. The van der Waals surface area contributed by atoms with Gasteiger partial charge >= 0.3 is 0 Å². The van der Waals surface area contributed by atoms with Crippen LogP contribution in [0.15, 0.2) is 29.2 Å². The van der Waals surface area contributed by atoms with Crippen molar-refractivity contribution in [3.8, 4) is 0 Å². The van der Waals surface area contributed by atoms with Gasteiger partial charge in [-0.05, 0) is 26.0 Å². The van der Waals surface area contributed by atoms with Crippen molar-refractivity contribution in [3.05, 3.63) is 29.8 Å². The normalized spacial score (nSPS) is 13.2. The molecule has 1 atom stereocenters. The Morgan fingerprint density at radius 1 is 1.31 bits per heavy atom. The van der Waals surface area contributed by atoms with Gasteiger partial charge in [-0.2, -0.15) is 0 Å². The number of aryl methyl sites for hydroxylation is 1. The van der Waals surface area contributed by atoms with Crippen LogP contribution >= 0.6 is 0 Å². The summed E-state index contributed by atoms with van der Waals surface area (Å²) in [6, 6.07) is 6.32. The molecule has 0 saturated heterocycles. The number of rotatable bonds is 3. The third kappa shape index (κ3) is 2.40. The molecule has 88 valence electrons. The molecule has 6 heteroatoms. The van der Waals surface area contributed by atoms with Gasteiger partial charge in [0, 0.05) is 0 Å². The monoisotopic (exact) mass is 242 g/mol. The standard InChI is InChI=1S/C10H14N2O3S/c1-7-3-5-9(6-4-7)16(14,15)8(2)10(13)12-11/h3-6,8H,11H2,1-2H3,(H,12,13)/t8-/m0/s1. The molecule has 0 aliphatic heterocycles. The lowest BCUT2D eigenvalue weighted by molar-refractivity contribution is -0.120. The summed E-state index contributed by atoms with van der Waals surface area (Å²) in [6.45, 7) is 3.16. The number of nitrogens with two attached hydrogens (primary N) is 1. The van der Waals surface area contributed by atoms with Crippen LogP contribution in [-0.2, 0) is 14.6 Å². The number of benzene rings is 1. The van der Waals surface area contributed by atoms with E-state index >= 15 is 0 Å². The lowest BCUT2D eigenvalue weighted by Gasteiger charge is -2.11. The van der Waals surface area contributed by atoms with Crippen LogP contribution in [0.1, 0.15) is 12.5 Å². The summed E-state index contributed by atoms with van der Waals surface area (Å²) in [5.41, 5.74) is 2.79. The van der Waals surface area contributed by atoms with Gasteiger partial charge in [0.15, 0.2) is 9.84 Å². The summed E-state index contributed by atoms with van der Waals surface area (Å²) in [5, 5.41) is -1.19. The Balaban J connectivity index is 3.12. The van der Waals surface area contributed by atoms with Crippen LogP contribution in [0.2, 0.25) is 0 Å². The summed E-state index contributed by atoms with van der Waals surface area (Å²) in [5.74, 6) is 4.19. The van der Waals surface area contributed by atoms with E-state index in [4.69, 9.17) is 5.84 Å². The van der Waals surface area contributed by atoms with Crippen molar-refractivity contribution in [2.24, 2.45) is 5.84 Å². The summed E-state index contributed by atoms with van der Waals surface area (Å²) in [4.78, 5) is 11.3. The molecule has 0 saturated carbocycles. The Morgan fingerprint density at radius 2 is 1.81 bits per heavy atom. The maximum Gasteiger partial charge on any atom is 0.252 e. The van der Waals surface area contributed by atoms with E-state index in [1.165, 1.54) is 19.1 Å². The van der Waals surface area contributed by atoms with Gasteiger partial charge in [-0.25, -0.2) is 14.3 Å². The minimum absolute atomic E-state index is 0.120. The van der Waals surface area contributed by atoms with Gasteiger partial charge in [-0.15, -0.1) is 0 Å². The summed E-state index contributed by atoms with van der Waals surface area (Å²) in [7, 11) is -3.66. The fourth-order valence-corrected chi connectivity index (χ4v) is 2.46. The second kappa shape index (κ2) is 4.63. The predicted molar refractivity (Wildman–Crippen MR) is 60.2 cm³/mol. The topological polar surface area (TPSA) is 89.3 Å². The molecule has 0 aliphatic rings. The van der Waals surface area contributed by atoms with Gasteiger partial charge < -0.3 is 0 Å². The molecule has 0 aromatic heterocycles. The van der Waals surface area contributed by atoms with Crippen LogP contribution in [0, 0.1) is 6.92 Å². The SMILES string of the molecule is Cc1ccc(S(=O)(=O)[C@@H](C)C(=O)NN)cc1. The molecule has 0 aliphatic carbocycles. The largest absolute Gasteiger partial charge is 0.293 e. The molecule has 0 spiro atoms. The Bertz CT molecular complexity index is 479. The molecule has 0 unspecified atom stereocenters. The second-order valence-corrected chi connectivity index (χ2v) is 5.78. The van der Waals surface area contributed by atoms with Gasteiger partial charge in [-0.3, -0.25) is 10.2 Å². The van der Waals surface area contributed by atoms with Crippen LogP contribution in [0.5, 0.6) is 0 Å². The molecule has 16 heavy (non-hydrogen) atoms. The Hall–Kier alpha value is -1.40. The third-order valence-corrected chi connectivity index (χ3v) is 4.40. The summed E-state index contributed by atoms with van der Waals surface area (Å²) < 4.78 is 23.9. The van der Waals surface area contributed by atoms with Crippen LogP contribution < -0.4 is 11.3 Å². The number of hydrogen-bond donors (Lipinski definition) is 2. The van der Waals surface area contributed by atoms with E-state index in [2.05, 4.69) is 0 Å². The minimum Gasteiger partial charge on any atom is -0.293 e. The van der Waals surface area contributed by atoms with Gasteiger partial charge in [0.05, 0.1) is 4.90 Å². The molecule has 5 nitrogen and oxygen atoms in total. The zero-order valence-corrected chi connectivity index (χ0v) is 9.91. The molecule has 1 amide bonds. The third-order valence-electron chi connectivity index (χ3n) is 2.33. The van der Waals surface area contributed by atoms with Crippen LogP contribution in [-0.4, -0.2) is 19.6 Å². The van der Waals surface area contributed by atoms with E-state index in [-0.39, 0.29) is 4.90 Å². The van der Waals surface area contributed by atoms with Crippen molar-refractivity contribution in [1.29, 1.82) is 0 Å². The number of amides is 1. The first-order valence-corrected chi connectivity index (χ1v) is 6.25. The number of sulfone groups is 1. The summed E-state index contributed by atoms with van der Waals surface area (Å²) >= 11 is 0. The highest BCUT2D eigenvalue weighted by Gasteiger charge is 2.28. The van der Waals surface area contributed by atoms with Crippen LogP contribution in [0.3, 0.4) is 0 Å². The van der Waals surface area contributed by atoms with Crippen molar-refractivity contribution in [2.75, 3.05) is 0 Å². The first-order valence-electron chi connectivity index (χ1n) is 4.70. The van der Waals surface area contributed by atoms with Crippen molar-refractivity contribution >= 4 is 15.7 Å². The highest BCUT2D eigenvalue weighted by atomic mass is 32.2. The predicted octanol–water partition coefficient (Wildman–Crippen LogP) is 0.147. The van der Waals surface area contributed by atoms with E-state index in [1.807, 2.05) is 12.3 Å². The second-order valence-electron chi connectivity index (χ2n) is 3.51. The van der Waals surface area contributed by atoms with Gasteiger partial charge in [0.2, 0.25) is 0 Å². The first-order chi connectivity index (χ1) is 7.39. The van der Waals surface area contributed by atoms with Crippen molar-refractivity contribution < 1.29 is 13.2 Å². The van der Waals surface area contributed by atoms with Gasteiger partial charge in [0.25, 0.3) is 5.91 Å². The number of carbonyl (C=O) groups excluding carboxylic acids is 1. The minimum atomic E-state index is -3.66. The van der Waals surface area contributed by atoms with E-state index in [0.29, 0.717) is 0 Å². The van der Waals surface area contributed by atoms with Crippen molar-refractivity contribution in [3.63, 3.8) is 0 Å².